The number of nitrogens with zero attached hydrogens (tertiary/aromatic N) is 1. The average molecular weight is 368 g/mol. The Labute approximate surface area is 154 Å². The number of halogens is 1. The fourth-order valence-corrected chi connectivity index (χ4v) is 2.73. The lowest BCUT2D eigenvalue weighted by molar-refractivity contribution is 0.102. The van der Waals surface area contributed by atoms with Gasteiger partial charge in [-0.05, 0) is 36.4 Å². The SMILES string of the molecule is O=C(Nc1cccc(Cl)c1)c1cncc(Nc2ccc3c(c2)OCO3)c1. The van der Waals surface area contributed by atoms with Gasteiger partial charge in [0.25, 0.3) is 5.91 Å². The van der Waals surface area contributed by atoms with Crippen LogP contribution in [-0.4, -0.2) is 17.7 Å². The van der Waals surface area contributed by atoms with Crippen molar-refractivity contribution in [2.75, 3.05) is 17.4 Å². The lowest BCUT2D eigenvalue weighted by Gasteiger charge is -2.09. The lowest BCUT2D eigenvalue weighted by Crippen LogP contribution is -2.12. The molecule has 0 atom stereocenters. The van der Waals surface area contributed by atoms with Gasteiger partial charge in [-0.1, -0.05) is 17.7 Å². The summed E-state index contributed by atoms with van der Waals surface area (Å²) in [5.41, 5.74) is 2.54. The molecule has 0 aliphatic carbocycles. The predicted octanol–water partition coefficient (Wildman–Crippen LogP) is 4.46. The number of carbonyl (C=O) groups is 1. The molecule has 0 saturated heterocycles. The van der Waals surface area contributed by atoms with Crippen molar-refractivity contribution in [2.45, 2.75) is 0 Å². The standard InChI is InChI=1S/C19H14ClN3O3/c20-13-2-1-3-14(7-13)23-19(24)12-6-16(10-21-9-12)22-15-4-5-17-18(8-15)26-11-25-17/h1-10,22H,11H2,(H,23,24). The third kappa shape index (κ3) is 3.55. The second-order valence-corrected chi connectivity index (χ2v) is 6.06. The average Bonchev–Trinajstić information content (AvgIpc) is 3.10. The van der Waals surface area contributed by atoms with E-state index >= 15 is 0 Å². The van der Waals surface area contributed by atoms with Crippen molar-refractivity contribution in [1.82, 2.24) is 4.98 Å². The minimum Gasteiger partial charge on any atom is -0.454 e. The van der Waals surface area contributed by atoms with Crippen molar-refractivity contribution < 1.29 is 14.3 Å². The zero-order valence-corrected chi connectivity index (χ0v) is 14.3. The van der Waals surface area contributed by atoms with E-state index in [1.165, 1.54) is 6.20 Å². The van der Waals surface area contributed by atoms with E-state index in [0.29, 0.717) is 33.5 Å². The van der Waals surface area contributed by atoms with Gasteiger partial charge in [0.2, 0.25) is 6.79 Å². The number of pyridine rings is 1. The van der Waals surface area contributed by atoms with Gasteiger partial charge in [0, 0.05) is 28.7 Å². The number of carbonyl (C=O) groups excluding carboxylic acids is 1. The summed E-state index contributed by atoms with van der Waals surface area (Å²) in [5.74, 6) is 1.12. The van der Waals surface area contributed by atoms with Crippen molar-refractivity contribution in [3.05, 3.63) is 71.5 Å². The fraction of sp³-hybridized carbons (Fsp3) is 0.0526. The number of benzene rings is 2. The molecular weight excluding hydrogens is 354 g/mol. The summed E-state index contributed by atoms with van der Waals surface area (Å²) < 4.78 is 10.7. The number of anilines is 3. The molecule has 6 nitrogen and oxygen atoms in total. The first-order chi connectivity index (χ1) is 12.7. The van der Waals surface area contributed by atoms with Gasteiger partial charge in [-0.25, -0.2) is 0 Å². The highest BCUT2D eigenvalue weighted by atomic mass is 35.5. The monoisotopic (exact) mass is 367 g/mol. The van der Waals surface area contributed by atoms with Crippen LogP contribution in [0.25, 0.3) is 0 Å². The number of aromatic nitrogens is 1. The molecule has 3 aromatic rings. The molecule has 2 aromatic carbocycles. The van der Waals surface area contributed by atoms with Crippen molar-refractivity contribution >= 4 is 34.6 Å². The second kappa shape index (κ2) is 6.93. The van der Waals surface area contributed by atoms with Crippen LogP contribution in [0.4, 0.5) is 17.1 Å². The third-order valence-corrected chi connectivity index (χ3v) is 3.98. The second-order valence-electron chi connectivity index (χ2n) is 5.62. The zero-order valence-electron chi connectivity index (χ0n) is 13.5. The number of nitrogens with one attached hydrogen (secondary N) is 2. The van der Waals surface area contributed by atoms with E-state index in [-0.39, 0.29) is 12.7 Å². The van der Waals surface area contributed by atoms with Crippen molar-refractivity contribution in [1.29, 1.82) is 0 Å². The van der Waals surface area contributed by atoms with Gasteiger partial charge in [0.1, 0.15) is 0 Å². The van der Waals surface area contributed by atoms with E-state index < -0.39 is 0 Å². The van der Waals surface area contributed by atoms with Crippen LogP contribution in [0.3, 0.4) is 0 Å². The molecule has 2 heterocycles. The van der Waals surface area contributed by atoms with Crippen molar-refractivity contribution in [3.8, 4) is 11.5 Å². The highest BCUT2D eigenvalue weighted by molar-refractivity contribution is 6.31. The van der Waals surface area contributed by atoms with Gasteiger partial charge in [0.15, 0.2) is 11.5 Å². The molecule has 0 radical (unpaired) electrons. The first-order valence-electron chi connectivity index (χ1n) is 7.86. The molecule has 1 aliphatic heterocycles. The fourth-order valence-electron chi connectivity index (χ4n) is 2.54. The largest absolute Gasteiger partial charge is 0.454 e. The molecule has 0 bridgehead atoms. The van der Waals surface area contributed by atoms with Crippen molar-refractivity contribution in [2.24, 2.45) is 0 Å². The quantitative estimate of drug-likeness (QED) is 0.712. The van der Waals surface area contributed by atoms with Crippen molar-refractivity contribution in [3.63, 3.8) is 0 Å². The van der Waals surface area contributed by atoms with Crippen LogP contribution in [0.15, 0.2) is 60.9 Å². The van der Waals surface area contributed by atoms with Gasteiger partial charge in [-0.2, -0.15) is 0 Å². The topological polar surface area (TPSA) is 72.5 Å². The molecule has 1 aromatic heterocycles. The molecule has 4 rings (SSSR count). The summed E-state index contributed by atoms with van der Waals surface area (Å²) >= 11 is 5.94. The lowest BCUT2D eigenvalue weighted by atomic mass is 10.2. The summed E-state index contributed by atoms with van der Waals surface area (Å²) in [4.78, 5) is 16.6. The number of hydrogen-bond donors (Lipinski definition) is 2. The first kappa shape index (κ1) is 16.2. The van der Waals surface area contributed by atoms with E-state index in [2.05, 4.69) is 15.6 Å². The van der Waals surface area contributed by atoms with E-state index in [9.17, 15) is 4.79 Å². The molecule has 0 unspecified atom stereocenters. The summed E-state index contributed by atoms with van der Waals surface area (Å²) in [7, 11) is 0. The van der Waals surface area contributed by atoms with Gasteiger partial charge in [-0.3, -0.25) is 9.78 Å². The van der Waals surface area contributed by atoms with Crippen LogP contribution in [0.2, 0.25) is 5.02 Å². The zero-order chi connectivity index (χ0) is 17.9. The van der Waals surface area contributed by atoms with Crippen LogP contribution in [0.1, 0.15) is 10.4 Å². The molecule has 26 heavy (non-hydrogen) atoms. The van der Waals surface area contributed by atoms with E-state index in [1.807, 2.05) is 18.2 Å². The Bertz CT molecular complexity index is 978. The maximum atomic E-state index is 12.4. The summed E-state index contributed by atoms with van der Waals surface area (Å²) in [6, 6.07) is 14.2. The molecule has 2 N–H and O–H groups in total. The highest BCUT2D eigenvalue weighted by Gasteiger charge is 2.14. The van der Waals surface area contributed by atoms with Crippen LogP contribution in [0.5, 0.6) is 11.5 Å². The summed E-state index contributed by atoms with van der Waals surface area (Å²) in [6.07, 6.45) is 3.14. The van der Waals surface area contributed by atoms with E-state index in [1.54, 1.807) is 36.5 Å². The third-order valence-electron chi connectivity index (χ3n) is 3.74. The molecular formula is C19H14ClN3O3. The van der Waals surface area contributed by atoms with E-state index in [4.69, 9.17) is 21.1 Å². The number of fused-ring (bicyclic) bond motifs is 1. The normalized spacial score (nSPS) is 11.9. The summed E-state index contributed by atoms with van der Waals surface area (Å²) in [6.45, 7) is 0.222. The highest BCUT2D eigenvalue weighted by Crippen LogP contribution is 2.35. The molecule has 7 heteroatoms. The maximum Gasteiger partial charge on any atom is 0.257 e. The smallest absolute Gasteiger partial charge is 0.257 e. The summed E-state index contributed by atoms with van der Waals surface area (Å²) in [5, 5.41) is 6.55. The molecule has 0 saturated carbocycles. The molecule has 0 fully saturated rings. The minimum absolute atomic E-state index is 0.222. The Hall–Kier alpha value is -3.25. The van der Waals surface area contributed by atoms with E-state index in [0.717, 1.165) is 5.69 Å². The van der Waals surface area contributed by atoms with Crippen LogP contribution >= 0.6 is 11.6 Å². The maximum absolute atomic E-state index is 12.4. The number of rotatable bonds is 4. The molecule has 1 amide bonds. The number of ether oxygens (including phenoxy) is 2. The molecule has 130 valence electrons. The van der Waals surface area contributed by atoms with Crippen LogP contribution < -0.4 is 20.1 Å². The Morgan fingerprint density at radius 2 is 1.85 bits per heavy atom. The Kier molecular flexibility index (Phi) is 4.33. The number of amides is 1. The Balaban J connectivity index is 1.50. The Morgan fingerprint density at radius 1 is 0.962 bits per heavy atom. The minimum atomic E-state index is -0.269. The first-order valence-corrected chi connectivity index (χ1v) is 8.24. The van der Waals surface area contributed by atoms with Gasteiger partial charge in [0.05, 0.1) is 17.4 Å². The molecule has 1 aliphatic rings. The van der Waals surface area contributed by atoms with Crippen LogP contribution in [0, 0.1) is 0 Å². The number of hydrogen-bond acceptors (Lipinski definition) is 5. The predicted molar refractivity (Wildman–Crippen MR) is 99.5 cm³/mol. The van der Waals surface area contributed by atoms with Gasteiger partial charge >= 0.3 is 0 Å². The van der Waals surface area contributed by atoms with Crippen LogP contribution in [-0.2, 0) is 0 Å². The van der Waals surface area contributed by atoms with Gasteiger partial charge < -0.3 is 20.1 Å². The Morgan fingerprint density at radius 3 is 2.73 bits per heavy atom. The molecule has 0 spiro atoms. The van der Waals surface area contributed by atoms with Gasteiger partial charge in [-0.15, -0.1) is 0 Å².